The first-order valence-corrected chi connectivity index (χ1v) is 17.8. The number of carbonyl (C=O) groups excluding carboxylic acids is 1. The first-order valence-electron chi connectivity index (χ1n) is 17.8. The van der Waals surface area contributed by atoms with Crippen molar-refractivity contribution in [2.45, 2.75) is 112 Å². The average molecular weight is 635 g/mol. The first kappa shape index (κ1) is 33.6. The minimum Gasteiger partial charge on any atom is -0.504 e. The molecule has 1 aromatic rings. The van der Waals surface area contributed by atoms with Gasteiger partial charge in [-0.05, 0) is 128 Å². The second-order valence-electron chi connectivity index (χ2n) is 17.3. The number of hydrogen-bond donors (Lipinski definition) is 3. The van der Waals surface area contributed by atoms with Gasteiger partial charge in [0.15, 0.2) is 11.5 Å². The average Bonchev–Trinajstić information content (AvgIpc) is 3.00. The summed E-state index contributed by atoms with van der Waals surface area (Å²) in [5, 5.41) is 32.7. The minimum absolute atomic E-state index is 0.00626. The molecule has 5 aliphatic rings. The van der Waals surface area contributed by atoms with Gasteiger partial charge < -0.3 is 24.8 Å². The van der Waals surface area contributed by atoms with Crippen molar-refractivity contribution in [1.29, 1.82) is 0 Å². The largest absolute Gasteiger partial charge is 0.504 e. The summed E-state index contributed by atoms with van der Waals surface area (Å²) >= 11 is 0. The molecule has 254 valence electrons. The van der Waals surface area contributed by atoms with E-state index in [1.807, 2.05) is 0 Å². The summed E-state index contributed by atoms with van der Waals surface area (Å²) in [7, 11) is 1.51. The summed E-state index contributed by atoms with van der Waals surface area (Å²) in [6.45, 7) is 16.9. The van der Waals surface area contributed by atoms with Crippen LogP contribution in [0, 0.1) is 56.7 Å². The number of phenolic OH excluding ortho intramolecular Hbond substituents is 1. The summed E-state index contributed by atoms with van der Waals surface area (Å²) < 4.78 is 11.4. The molecule has 0 unspecified atom stereocenters. The van der Waals surface area contributed by atoms with Crippen LogP contribution in [0.5, 0.6) is 11.5 Å². The number of benzene rings is 1. The van der Waals surface area contributed by atoms with Crippen LogP contribution < -0.4 is 4.74 Å². The predicted octanol–water partition coefficient (Wildman–Crippen LogP) is 7.95. The lowest BCUT2D eigenvalue weighted by atomic mass is 9.31. The smallest absolute Gasteiger partial charge is 0.331 e. The van der Waals surface area contributed by atoms with E-state index < -0.39 is 11.5 Å². The standard InChI is InChI=1S/C40H58O6/c1-24-15-20-40(23-41)32(43)22-39(7)27(35(40)25(24)2)11-13-31-37(5)18-17-33(36(3,4)30(37)16-19-38(31,39)6)46-34(44)14-10-26-9-12-28(42)29(21-26)45-8/h9-10,12,14-15,21,25,27,30-33,35,41-43H,11,13,16-20,22-23H2,1-8H3/b14-10+/t25-,27-,30+,31-,32+,33+,35-,37+,38-,39-,40+/m1/s1. The topological polar surface area (TPSA) is 96.2 Å². The number of rotatable bonds is 5. The number of allylic oxidation sites excluding steroid dienone is 2. The van der Waals surface area contributed by atoms with Gasteiger partial charge in [-0.1, -0.05) is 59.3 Å². The lowest BCUT2D eigenvalue weighted by Gasteiger charge is -2.74. The van der Waals surface area contributed by atoms with Gasteiger partial charge >= 0.3 is 5.97 Å². The monoisotopic (exact) mass is 634 g/mol. The van der Waals surface area contributed by atoms with E-state index in [-0.39, 0.29) is 46.1 Å². The van der Waals surface area contributed by atoms with Crippen molar-refractivity contribution in [3.05, 3.63) is 41.5 Å². The Morgan fingerprint density at radius 1 is 1.02 bits per heavy atom. The summed E-state index contributed by atoms with van der Waals surface area (Å²) in [6.07, 6.45) is 12.8. The highest BCUT2D eigenvalue weighted by atomic mass is 16.5. The fourth-order valence-electron chi connectivity index (χ4n) is 12.7. The molecule has 4 fully saturated rings. The highest BCUT2D eigenvalue weighted by Gasteiger charge is 2.71. The van der Waals surface area contributed by atoms with Crippen molar-refractivity contribution >= 4 is 12.0 Å². The normalized spacial score (nSPS) is 44.7. The Balaban J connectivity index is 1.23. The van der Waals surface area contributed by atoms with Gasteiger partial charge in [0.05, 0.1) is 19.8 Å². The maximum Gasteiger partial charge on any atom is 0.331 e. The van der Waals surface area contributed by atoms with E-state index in [1.165, 1.54) is 25.2 Å². The molecule has 0 radical (unpaired) electrons. The Labute approximate surface area is 276 Å². The van der Waals surface area contributed by atoms with Crippen LogP contribution in [0.1, 0.15) is 105 Å². The molecular weight excluding hydrogens is 576 g/mol. The van der Waals surface area contributed by atoms with Crippen LogP contribution in [0.25, 0.3) is 6.08 Å². The molecular formula is C40H58O6. The van der Waals surface area contributed by atoms with Crippen LogP contribution in [0.3, 0.4) is 0 Å². The lowest BCUT2D eigenvalue weighted by Crippen LogP contribution is -2.70. The molecule has 5 aliphatic carbocycles. The molecule has 0 aliphatic heterocycles. The number of carbonyl (C=O) groups is 1. The zero-order chi connectivity index (χ0) is 33.4. The predicted molar refractivity (Wildman–Crippen MR) is 181 cm³/mol. The van der Waals surface area contributed by atoms with Crippen LogP contribution in [0.4, 0.5) is 0 Å². The number of fused-ring (bicyclic) bond motifs is 7. The molecule has 46 heavy (non-hydrogen) atoms. The van der Waals surface area contributed by atoms with Gasteiger partial charge in [-0.2, -0.15) is 0 Å². The van der Waals surface area contributed by atoms with Crippen LogP contribution in [0.15, 0.2) is 35.9 Å². The van der Waals surface area contributed by atoms with Gasteiger partial charge in [0.25, 0.3) is 0 Å². The zero-order valence-electron chi connectivity index (χ0n) is 29.4. The number of ether oxygens (including phenoxy) is 2. The Hall–Kier alpha value is -2.31. The van der Waals surface area contributed by atoms with Crippen molar-refractivity contribution in [3.63, 3.8) is 0 Å². The van der Waals surface area contributed by atoms with E-state index >= 15 is 0 Å². The van der Waals surface area contributed by atoms with Crippen molar-refractivity contribution in [3.8, 4) is 11.5 Å². The second-order valence-corrected chi connectivity index (χ2v) is 17.3. The molecule has 1 aromatic carbocycles. The first-order chi connectivity index (χ1) is 21.6. The number of aliphatic hydroxyl groups is 2. The Bertz CT molecular complexity index is 1410. The lowest BCUT2D eigenvalue weighted by molar-refractivity contribution is -0.274. The summed E-state index contributed by atoms with van der Waals surface area (Å²) in [6, 6.07) is 5.00. The summed E-state index contributed by atoms with van der Waals surface area (Å²) in [5.41, 5.74) is 1.78. The van der Waals surface area contributed by atoms with Crippen LogP contribution >= 0.6 is 0 Å². The van der Waals surface area contributed by atoms with Gasteiger partial charge in [-0.15, -0.1) is 0 Å². The second kappa shape index (κ2) is 11.4. The molecule has 0 amide bonds. The third-order valence-corrected chi connectivity index (χ3v) is 15.5. The zero-order valence-corrected chi connectivity index (χ0v) is 29.4. The van der Waals surface area contributed by atoms with Crippen LogP contribution in [0.2, 0.25) is 0 Å². The van der Waals surface area contributed by atoms with E-state index in [9.17, 15) is 20.1 Å². The Morgan fingerprint density at radius 3 is 2.46 bits per heavy atom. The third kappa shape index (κ3) is 4.66. The van der Waals surface area contributed by atoms with Crippen LogP contribution in [-0.2, 0) is 9.53 Å². The molecule has 11 atom stereocenters. The molecule has 0 aromatic heterocycles. The molecule has 4 saturated carbocycles. The van der Waals surface area contributed by atoms with Gasteiger partial charge in [-0.25, -0.2) is 4.79 Å². The minimum atomic E-state index is -0.501. The molecule has 6 heteroatoms. The van der Waals surface area contributed by atoms with Crippen LogP contribution in [-0.4, -0.2) is 47.2 Å². The number of phenols is 1. The van der Waals surface area contributed by atoms with Gasteiger partial charge in [0.2, 0.25) is 0 Å². The molecule has 0 heterocycles. The molecule has 3 N–H and O–H groups in total. The highest BCUT2D eigenvalue weighted by molar-refractivity contribution is 5.87. The number of aliphatic hydroxyl groups excluding tert-OH is 2. The van der Waals surface area contributed by atoms with E-state index in [4.69, 9.17) is 9.47 Å². The highest BCUT2D eigenvalue weighted by Crippen LogP contribution is 2.76. The Morgan fingerprint density at radius 2 is 1.76 bits per heavy atom. The SMILES string of the molecule is COc1cc(/C=C/C(=O)O[C@H]2CC[C@]3(C)[C@H]4CC[C@@H]5[C@H]6[C@H](C)C(C)=CC[C@]6(CO)[C@@H](O)C[C@@]5(C)[C@]4(C)CC[C@H]3C2(C)C)ccc1O. The van der Waals surface area contributed by atoms with Crippen molar-refractivity contribution in [1.82, 2.24) is 0 Å². The third-order valence-electron chi connectivity index (χ3n) is 15.5. The summed E-state index contributed by atoms with van der Waals surface area (Å²) in [4.78, 5) is 13.1. The number of esters is 1. The van der Waals surface area contributed by atoms with Crippen molar-refractivity contribution in [2.75, 3.05) is 13.7 Å². The Kier molecular flexibility index (Phi) is 8.32. The van der Waals surface area contributed by atoms with Gasteiger partial charge in [0, 0.05) is 16.9 Å². The van der Waals surface area contributed by atoms with Gasteiger partial charge in [-0.3, -0.25) is 0 Å². The molecule has 0 saturated heterocycles. The summed E-state index contributed by atoms with van der Waals surface area (Å²) in [5.74, 6) is 2.19. The van der Waals surface area contributed by atoms with E-state index in [0.29, 0.717) is 35.3 Å². The molecule has 0 bridgehead atoms. The van der Waals surface area contributed by atoms with E-state index in [2.05, 4.69) is 54.5 Å². The maximum absolute atomic E-state index is 13.1. The number of aromatic hydroxyl groups is 1. The van der Waals surface area contributed by atoms with E-state index in [1.54, 1.807) is 24.3 Å². The molecule has 0 spiro atoms. The molecule has 6 nitrogen and oxygen atoms in total. The van der Waals surface area contributed by atoms with Gasteiger partial charge in [0.1, 0.15) is 6.10 Å². The van der Waals surface area contributed by atoms with Crippen molar-refractivity contribution < 1.29 is 29.6 Å². The number of hydrogen-bond acceptors (Lipinski definition) is 6. The van der Waals surface area contributed by atoms with E-state index in [0.717, 1.165) is 50.5 Å². The maximum atomic E-state index is 13.1. The van der Waals surface area contributed by atoms with Crippen molar-refractivity contribution in [2.24, 2.45) is 56.7 Å². The fraction of sp³-hybridized carbons (Fsp3) is 0.725. The number of methoxy groups -OCH3 is 1. The molecule has 6 rings (SSSR count). The quantitative estimate of drug-likeness (QED) is 0.173. The fourth-order valence-corrected chi connectivity index (χ4v) is 12.7.